The Morgan fingerprint density at radius 2 is 1.74 bits per heavy atom. The van der Waals surface area contributed by atoms with E-state index in [1.165, 1.54) is 19.3 Å². The number of piperidine rings is 1. The van der Waals surface area contributed by atoms with Crippen LogP contribution in [0.15, 0.2) is 17.1 Å². The number of aromatic nitrogens is 1. The molecule has 0 bridgehead atoms. The van der Waals surface area contributed by atoms with Gasteiger partial charge in [0.05, 0.1) is 17.7 Å². The van der Waals surface area contributed by atoms with Crippen molar-refractivity contribution in [3.8, 4) is 0 Å². The maximum absolute atomic E-state index is 13.6. The predicted octanol–water partition coefficient (Wildman–Crippen LogP) is 3.12. The van der Waals surface area contributed by atoms with Gasteiger partial charge in [-0.1, -0.05) is 39.0 Å². The first kappa shape index (κ1) is 27.0. The largest absolute Gasteiger partial charge is 0.387 e. The summed E-state index contributed by atoms with van der Waals surface area (Å²) in [6, 6.07) is 1.67. The molecule has 8 nitrogen and oxygen atoms in total. The number of amides is 2. The molecule has 5 fully saturated rings. The smallest absolute Gasteiger partial charge is 0.255 e. The van der Waals surface area contributed by atoms with E-state index < -0.39 is 11.0 Å². The number of pyridine rings is 1. The molecule has 2 aliphatic heterocycles. The highest BCUT2D eigenvalue weighted by Gasteiger charge is 2.56. The third-order valence-corrected chi connectivity index (χ3v) is 10.7. The van der Waals surface area contributed by atoms with Gasteiger partial charge >= 0.3 is 0 Å². The molecule has 8 heteroatoms. The number of nitrogens with one attached hydrogen (secondary N) is 1. The van der Waals surface area contributed by atoms with E-state index in [9.17, 15) is 19.5 Å². The zero-order valence-electron chi connectivity index (χ0n) is 23.6. The number of piperazine rings is 1. The Bertz CT molecular complexity index is 1140. The van der Waals surface area contributed by atoms with Crippen molar-refractivity contribution in [1.82, 2.24) is 19.7 Å². The maximum Gasteiger partial charge on any atom is 0.255 e. The fourth-order valence-corrected chi connectivity index (χ4v) is 7.87. The van der Waals surface area contributed by atoms with Gasteiger partial charge in [-0.15, -0.1) is 0 Å². The van der Waals surface area contributed by atoms with Crippen LogP contribution in [0.5, 0.6) is 0 Å². The standard InChI is InChI=1S/C31H46N4O4/c1-22(17-23-5-4-6-23)28(37)34-14-11-31(39,30(20-34)9-2-3-10-30)21-35-19-26(25(18-27(35)36)24-7-8-24)29(38)33-15-12-32-13-16-33/h18-19,22-24,32,39H,2-17,20-21H2,1H3. The molecule has 0 aromatic carbocycles. The van der Waals surface area contributed by atoms with Crippen LogP contribution in [0.4, 0.5) is 0 Å². The highest BCUT2D eigenvalue weighted by atomic mass is 16.3. The summed E-state index contributed by atoms with van der Waals surface area (Å²) in [5.41, 5.74) is -0.127. The van der Waals surface area contributed by atoms with Crippen molar-refractivity contribution in [2.75, 3.05) is 39.3 Å². The van der Waals surface area contributed by atoms with E-state index in [4.69, 9.17) is 0 Å². The molecule has 3 heterocycles. The lowest BCUT2D eigenvalue weighted by molar-refractivity contribution is -0.163. The topological polar surface area (TPSA) is 94.9 Å². The molecule has 2 atom stereocenters. The number of hydrogen-bond acceptors (Lipinski definition) is 5. The summed E-state index contributed by atoms with van der Waals surface area (Å²) in [5, 5.41) is 15.6. The molecule has 2 unspecified atom stereocenters. The predicted molar refractivity (Wildman–Crippen MR) is 150 cm³/mol. The fraction of sp³-hybridized carbons (Fsp3) is 0.774. The van der Waals surface area contributed by atoms with Crippen molar-refractivity contribution < 1.29 is 14.7 Å². The van der Waals surface area contributed by atoms with Crippen molar-refractivity contribution in [3.63, 3.8) is 0 Å². The van der Waals surface area contributed by atoms with Crippen LogP contribution in [0.25, 0.3) is 0 Å². The minimum atomic E-state index is -1.09. The first-order chi connectivity index (χ1) is 18.8. The second kappa shape index (κ2) is 10.7. The van der Waals surface area contributed by atoms with Gasteiger partial charge in [0.1, 0.15) is 0 Å². The highest BCUT2D eigenvalue weighted by Crippen LogP contribution is 2.52. The lowest BCUT2D eigenvalue weighted by Gasteiger charge is -2.53. The van der Waals surface area contributed by atoms with Crippen LogP contribution in [0.3, 0.4) is 0 Å². The number of aliphatic hydroxyl groups is 1. The quantitative estimate of drug-likeness (QED) is 0.556. The number of rotatable bonds is 7. The van der Waals surface area contributed by atoms with E-state index in [0.717, 1.165) is 63.6 Å². The van der Waals surface area contributed by atoms with Crippen molar-refractivity contribution in [1.29, 1.82) is 0 Å². The lowest BCUT2D eigenvalue weighted by atomic mass is 9.65. The molecular weight excluding hydrogens is 492 g/mol. The van der Waals surface area contributed by atoms with E-state index >= 15 is 0 Å². The molecule has 2 amide bonds. The van der Waals surface area contributed by atoms with Gasteiger partial charge in [-0.3, -0.25) is 14.4 Å². The maximum atomic E-state index is 13.6. The zero-order chi connectivity index (χ0) is 27.2. The van der Waals surface area contributed by atoms with Crippen molar-refractivity contribution in [3.05, 3.63) is 33.7 Å². The average molecular weight is 539 g/mol. The molecule has 2 N–H and O–H groups in total. The van der Waals surface area contributed by atoms with Crippen molar-refractivity contribution >= 4 is 11.8 Å². The third-order valence-electron chi connectivity index (χ3n) is 10.7. The van der Waals surface area contributed by atoms with Gasteiger partial charge in [-0.25, -0.2) is 0 Å². The molecule has 39 heavy (non-hydrogen) atoms. The molecule has 1 aromatic heterocycles. The highest BCUT2D eigenvalue weighted by molar-refractivity contribution is 5.95. The second-order valence-corrected chi connectivity index (χ2v) is 13.4. The van der Waals surface area contributed by atoms with Crippen LogP contribution >= 0.6 is 0 Å². The summed E-state index contributed by atoms with van der Waals surface area (Å²) < 4.78 is 1.61. The second-order valence-electron chi connectivity index (χ2n) is 13.4. The number of nitrogens with zero attached hydrogens (tertiary/aromatic N) is 3. The van der Waals surface area contributed by atoms with Crippen molar-refractivity contribution in [2.45, 2.75) is 95.6 Å². The van der Waals surface area contributed by atoms with E-state index in [2.05, 4.69) is 12.2 Å². The summed E-state index contributed by atoms with van der Waals surface area (Å²) in [4.78, 5) is 44.3. The molecule has 3 saturated carbocycles. The molecule has 214 valence electrons. The van der Waals surface area contributed by atoms with Crippen LogP contribution in [0.1, 0.15) is 99.4 Å². The van der Waals surface area contributed by atoms with Crippen LogP contribution < -0.4 is 10.9 Å². The summed E-state index contributed by atoms with van der Waals surface area (Å²) in [5.74, 6) is 1.22. The Labute approximate surface area is 232 Å². The van der Waals surface area contributed by atoms with Crippen LogP contribution in [0.2, 0.25) is 0 Å². The molecule has 6 rings (SSSR count). The number of carbonyl (C=O) groups excluding carboxylic acids is 2. The Balaban J connectivity index is 1.25. The van der Waals surface area contributed by atoms with Gasteiger partial charge in [0, 0.05) is 62.9 Å². The van der Waals surface area contributed by atoms with E-state index in [1.54, 1.807) is 16.8 Å². The van der Waals surface area contributed by atoms with Gasteiger partial charge < -0.3 is 24.8 Å². The third kappa shape index (κ3) is 5.19. The fourth-order valence-electron chi connectivity index (χ4n) is 7.87. The Morgan fingerprint density at radius 1 is 1.03 bits per heavy atom. The normalized spacial score (nSPS) is 27.9. The number of hydrogen-bond donors (Lipinski definition) is 2. The minimum Gasteiger partial charge on any atom is -0.387 e. The molecule has 0 radical (unpaired) electrons. The van der Waals surface area contributed by atoms with Gasteiger partial charge in [-0.05, 0) is 55.9 Å². The van der Waals surface area contributed by atoms with Crippen LogP contribution in [0, 0.1) is 17.3 Å². The number of carbonyl (C=O) groups is 2. The first-order valence-corrected chi connectivity index (χ1v) is 15.5. The molecule has 3 aliphatic carbocycles. The Morgan fingerprint density at radius 3 is 2.38 bits per heavy atom. The minimum absolute atomic E-state index is 0.00409. The summed E-state index contributed by atoms with van der Waals surface area (Å²) in [7, 11) is 0. The average Bonchev–Trinajstić information content (AvgIpc) is 3.66. The van der Waals surface area contributed by atoms with Gasteiger partial charge in [0.25, 0.3) is 11.5 Å². The zero-order valence-corrected chi connectivity index (χ0v) is 23.6. The van der Waals surface area contributed by atoms with Crippen LogP contribution in [-0.2, 0) is 11.3 Å². The van der Waals surface area contributed by atoms with E-state index in [0.29, 0.717) is 44.1 Å². The summed E-state index contributed by atoms with van der Waals surface area (Å²) in [6.45, 7) is 6.23. The molecular formula is C31H46N4O4. The summed E-state index contributed by atoms with van der Waals surface area (Å²) in [6.07, 6.45) is 12.8. The Hall–Kier alpha value is -2.19. The van der Waals surface area contributed by atoms with E-state index in [-0.39, 0.29) is 35.8 Å². The van der Waals surface area contributed by atoms with Crippen molar-refractivity contribution in [2.24, 2.45) is 17.3 Å². The molecule has 2 saturated heterocycles. The van der Waals surface area contributed by atoms with Crippen LogP contribution in [-0.4, -0.2) is 76.2 Å². The first-order valence-electron chi connectivity index (χ1n) is 15.5. The summed E-state index contributed by atoms with van der Waals surface area (Å²) >= 11 is 0. The molecule has 5 aliphatic rings. The lowest BCUT2D eigenvalue weighted by Crippen LogP contribution is -2.62. The van der Waals surface area contributed by atoms with Gasteiger partial charge in [0.15, 0.2) is 0 Å². The van der Waals surface area contributed by atoms with Gasteiger partial charge in [-0.2, -0.15) is 0 Å². The molecule has 1 aromatic rings. The molecule has 1 spiro atoms. The van der Waals surface area contributed by atoms with Gasteiger partial charge in [0.2, 0.25) is 5.91 Å². The monoisotopic (exact) mass is 538 g/mol. The Kier molecular flexibility index (Phi) is 7.38. The number of likely N-dealkylation sites (tertiary alicyclic amines) is 1. The van der Waals surface area contributed by atoms with E-state index in [1.807, 2.05) is 9.80 Å². The SMILES string of the molecule is CC(CC1CCC1)C(=O)N1CCC(O)(Cn2cc(C(=O)N3CCNCC3)c(C3CC3)cc2=O)C2(CCCC2)C1.